The van der Waals surface area contributed by atoms with Gasteiger partial charge in [0.2, 0.25) is 0 Å². The quantitative estimate of drug-likeness (QED) is 0.418. The van der Waals surface area contributed by atoms with Crippen molar-refractivity contribution in [2.75, 3.05) is 12.9 Å². The van der Waals surface area contributed by atoms with Crippen LogP contribution in [-0.4, -0.2) is 18.8 Å². The number of cyclic esters (lactones) is 1. The highest BCUT2D eigenvalue weighted by molar-refractivity contribution is 7.98. The molecule has 0 radical (unpaired) electrons. The number of thioether (sulfide) groups is 1. The molecule has 4 heteroatoms. The molecule has 2 rings (SSSR count). The van der Waals surface area contributed by atoms with Crippen LogP contribution >= 0.6 is 11.8 Å². The Hall–Kier alpha value is -1.81. The van der Waals surface area contributed by atoms with E-state index < -0.39 is 0 Å². The fraction of sp³-hybridized carbons (Fsp3) is 0.316. The summed E-state index contributed by atoms with van der Waals surface area (Å²) >= 11 is 1.35. The molecule has 1 aromatic carbocycles. The lowest BCUT2D eigenvalue weighted by atomic mass is 9.98. The Kier molecular flexibility index (Phi) is 7.83. The molecule has 0 N–H and O–H groups in total. The zero-order valence-electron chi connectivity index (χ0n) is 14.1. The third-order valence-corrected chi connectivity index (χ3v) is 4.02. The van der Waals surface area contributed by atoms with Gasteiger partial charge in [0.15, 0.2) is 0 Å². The Morgan fingerprint density at radius 2 is 2.17 bits per heavy atom. The topological polar surface area (TPSA) is 26.3 Å². The molecule has 0 aromatic heterocycles. The minimum absolute atomic E-state index is 0.180. The molecule has 1 aliphatic heterocycles. The van der Waals surface area contributed by atoms with Crippen molar-refractivity contribution in [3.05, 3.63) is 59.5 Å². The molecule has 2 nitrogen and oxygen atoms in total. The highest BCUT2D eigenvalue weighted by Crippen LogP contribution is 2.31. The summed E-state index contributed by atoms with van der Waals surface area (Å²) in [4.78, 5) is 12.2. The average molecular weight is 334 g/mol. The minimum Gasteiger partial charge on any atom is -0.457 e. The Labute approximate surface area is 142 Å². The monoisotopic (exact) mass is 334 g/mol. The number of allylic oxidation sites excluding steroid dienone is 2. The number of hydrogen-bond donors (Lipinski definition) is 0. The van der Waals surface area contributed by atoms with E-state index in [-0.39, 0.29) is 18.4 Å². The summed E-state index contributed by atoms with van der Waals surface area (Å²) in [5.74, 6) is -0.667. The van der Waals surface area contributed by atoms with Gasteiger partial charge in [-0.25, -0.2) is 9.18 Å². The van der Waals surface area contributed by atoms with Crippen LogP contribution in [0.25, 0.3) is 5.57 Å². The largest absolute Gasteiger partial charge is 0.457 e. The van der Waals surface area contributed by atoms with Gasteiger partial charge >= 0.3 is 5.97 Å². The number of benzene rings is 1. The van der Waals surface area contributed by atoms with Crippen molar-refractivity contribution in [1.82, 2.24) is 0 Å². The molecule has 0 fully saturated rings. The first-order valence-electron chi connectivity index (χ1n) is 7.47. The Morgan fingerprint density at radius 3 is 2.61 bits per heavy atom. The van der Waals surface area contributed by atoms with Gasteiger partial charge in [-0.3, -0.25) is 0 Å². The highest BCUT2D eigenvalue weighted by Gasteiger charge is 2.26. The van der Waals surface area contributed by atoms with Crippen LogP contribution in [-0.2, 0) is 9.53 Å². The van der Waals surface area contributed by atoms with E-state index >= 15 is 0 Å². The summed E-state index contributed by atoms with van der Waals surface area (Å²) in [6, 6.07) is 4.95. The number of esters is 1. The van der Waals surface area contributed by atoms with E-state index in [4.69, 9.17) is 4.74 Å². The molecular weight excluding hydrogens is 311 g/mol. The van der Waals surface area contributed by atoms with Crippen LogP contribution in [0.4, 0.5) is 4.39 Å². The Bertz CT molecular complexity index is 645. The SMILES string of the molecule is C/C=C\CC.C=C(C)C1=C(c2ccc(SC)c(F)c2)COC1=O. The maximum absolute atomic E-state index is 13.7. The number of hydrogen-bond acceptors (Lipinski definition) is 3. The van der Waals surface area contributed by atoms with Crippen molar-refractivity contribution in [2.24, 2.45) is 0 Å². The molecule has 23 heavy (non-hydrogen) atoms. The first-order chi connectivity index (χ1) is 11.0. The van der Waals surface area contributed by atoms with Crippen molar-refractivity contribution < 1.29 is 13.9 Å². The molecule has 1 aliphatic rings. The van der Waals surface area contributed by atoms with Crippen LogP contribution in [0.5, 0.6) is 0 Å². The van der Waals surface area contributed by atoms with Crippen LogP contribution in [0, 0.1) is 5.82 Å². The van der Waals surface area contributed by atoms with E-state index in [1.807, 2.05) is 13.2 Å². The first-order valence-corrected chi connectivity index (χ1v) is 8.69. The van der Waals surface area contributed by atoms with Gasteiger partial charge in [-0.1, -0.05) is 31.7 Å². The fourth-order valence-electron chi connectivity index (χ4n) is 2.15. The van der Waals surface area contributed by atoms with E-state index in [0.717, 1.165) is 6.42 Å². The highest BCUT2D eigenvalue weighted by atomic mass is 32.2. The van der Waals surface area contributed by atoms with Gasteiger partial charge in [0.25, 0.3) is 0 Å². The van der Waals surface area contributed by atoms with Gasteiger partial charge in [-0.2, -0.15) is 0 Å². The van der Waals surface area contributed by atoms with Crippen molar-refractivity contribution in [1.29, 1.82) is 0 Å². The lowest BCUT2D eigenvalue weighted by Crippen LogP contribution is -1.99. The van der Waals surface area contributed by atoms with Crippen LogP contribution in [0.15, 0.2) is 53.0 Å². The van der Waals surface area contributed by atoms with E-state index in [1.54, 1.807) is 19.1 Å². The van der Waals surface area contributed by atoms with E-state index in [0.29, 0.717) is 27.2 Å². The number of ether oxygens (including phenoxy) is 1. The van der Waals surface area contributed by atoms with Crippen LogP contribution < -0.4 is 0 Å². The molecule has 0 spiro atoms. The smallest absolute Gasteiger partial charge is 0.339 e. The molecule has 0 saturated heterocycles. The van der Waals surface area contributed by atoms with Crippen molar-refractivity contribution in [3.8, 4) is 0 Å². The summed E-state index contributed by atoms with van der Waals surface area (Å²) in [5.41, 5.74) is 2.49. The average Bonchev–Trinajstić information content (AvgIpc) is 2.90. The zero-order valence-corrected chi connectivity index (χ0v) is 14.9. The first kappa shape index (κ1) is 19.2. The van der Waals surface area contributed by atoms with Gasteiger partial charge in [0.05, 0.1) is 5.57 Å². The number of halogens is 1. The predicted molar refractivity (Wildman–Crippen MR) is 96.0 cm³/mol. The molecule has 0 amide bonds. The van der Waals surface area contributed by atoms with Crippen LogP contribution in [0.3, 0.4) is 0 Å². The second-order valence-electron chi connectivity index (χ2n) is 5.04. The molecule has 0 saturated carbocycles. The molecular formula is C19H23FO2S. The van der Waals surface area contributed by atoms with Crippen molar-refractivity contribution >= 4 is 23.3 Å². The van der Waals surface area contributed by atoms with Gasteiger partial charge in [-0.15, -0.1) is 11.8 Å². The predicted octanol–water partition coefficient (Wildman–Crippen LogP) is 5.41. The minimum atomic E-state index is -0.383. The zero-order chi connectivity index (χ0) is 17.4. The lowest BCUT2D eigenvalue weighted by Gasteiger charge is -2.06. The second kappa shape index (κ2) is 9.36. The number of rotatable bonds is 4. The van der Waals surface area contributed by atoms with Gasteiger partial charge in [-0.05, 0) is 49.8 Å². The van der Waals surface area contributed by atoms with E-state index in [1.165, 1.54) is 17.8 Å². The van der Waals surface area contributed by atoms with Crippen LogP contribution in [0.2, 0.25) is 0 Å². The standard InChI is InChI=1S/C14H13FO2S.C5H10/c1-8(2)13-10(7-17-14(13)16)9-4-5-12(18-3)11(15)6-9;1-3-5-4-2/h4-6H,1,7H2,2-3H3;3,5H,4H2,1-2H3/b;5-3-. The summed E-state index contributed by atoms with van der Waals surface area (Å²) in [7, 11) is 0. The van der Waals surface area contributed by atoms with Gasteiger partial charge < -0.3 is 4.74 Å². The van der Waals surface area contributed by atoms with E-state index in [2.05, 4.69) is 25.7 Å². The summed E-state index contributed by atoms with van der Waals surface area (Å²) in [5, 5.41) is 0. The molecule has 0 aliphatic carbocycles. The van der Waals surface area contributed by atoms with E-state index in [9.17, 15) is 9.18 Å². The van der Waals surface area contributed by atoms with Crippen molar-refractivity contribution in [2.45, 2.75) is 32.1 Å². The number of carbonyl (C=O) groups is 1. The molecule has 124 valence electrons. The lowest BCUT2D eigenvalue weighted by molar-refractivity contribution is -0.135. The third-order valence-electron chi connectivity index (χ3n) is 3.25. The molecule has 0 bridgehead atoms. The summed E-state index contributed by atoms with van der Waals surface area (Å²) in [6.45, 7) is 9.84. The number of carbonyl (C=O) groups excluding carboxylic acids is 1. The van der Waals surface area contributed by atoms with Crippen molar-refractivity contribution in [3.63, 3.8) is 0 Å². The maximum atomic E-state index is 13.7. The Morgan fingerprint density at radius 1 is 1.48 bits per heavy atom. The molecule has 0 atom stereocenters. The summed E-state index contributed by atoms with van der Waals surface area (Å²) in [6.07, 6.45) is 7.16. The third kappa shape index (κ3) is 5.10. The molecule has 1 aromatic rings. The normalized spacial score (nSPS) is 13.9. The second-order valence-corrected chi connectivity index (χ2v) is 5.88. The summed E-state index contributed by atoms with van der Waals surface area (Å²) < 4.78 is 18.7. The maximum Gasteiger partial charge on any atom is 0.339 e. The fourth-order valence-corrected chi connectivity index (χ4v) is 2.61. The molecule has 1 heterocycles. The van der Waals surface area contributed by atoms with Crippen LogP contribution in [0.1, 0.15) is 32.8 Å². The van der Waals surface area contributed by atoms with Gasteiger partial charge in [0.1, 0.15) is 12.4 Å². The molecule has 0 unspecified atom stereocenters. The van der Waals surface area contributed by atoms with Gasteiger partial charge in [0, 0.05) is 10.5 Å². The Balaban J connectivity index is 0.000000463.